The summed E-state index contributed by atoms with van der Waals surface area (Å²) in [5, 5.41) is 0. The number of aromatic nitrogens is 1. The number of pyridine rings is 1. The van der Waals surface area contributed by atoms with Crippen LogP contribution in [0, 0.1) is 0 Å². The van der Waals surface area contributed by atoms with Gasteiger partial charge in [-0.25, -0.2) is 0 Å². The van der Waals surface area contributed by atoms with Gasteiger partial charge in [0.2, 0.25) is 5.78 Å². The molecule has 0 amide bonds. The molecule has 6 nitrogen and oxygen atoms in total. The van der Waals surface area contributed by atoms with Crippen LogP contribution in [0.5, 0.6) is 0 Å². The summed E-state index contributed by atoms with van der Waals surface area (Å²) >= 11 is 0. The van der Waals surface area contributed by atoms with Crippen LogP contribution in [0.15, 0.2) is 54.9 Å². The second-order valence-electron chi connectivity index (χ2n) is 4.87. The number of Topliss-reactive ketones (excluding diaryl/α,β-unsaturated/α-hetero) is 1. The van der Waals surface area contributed by atoms with E-state index in [2.05, 4.69) is 4.98 Å². The van der Waals surface area contributed by atoms with E-state index >= 15 is 0 Å². The number of rotatable bonds is 7. The van der Waals surface area contributed by atoms with Crippen LogP contribution >= 0.6 is 0 Å². The van der Waals surface area contributed by atoms with E-state index in [9.17, 15) is 14.4 Å². The Labute approximate surface area is 139 Å². The molecule has 2 rings (SSSR count). The van der Waals surface area contributed by atoms with Gasteiger partial charge in [0.25, 0.3) is 0 Å². The molecule has 0 aliphatic rings. The number of benzene rings is 1. The number of nitrogens with zero attached hydrogens (tertiary/aromatic N) is 1. The molecule has 0 radical (unpaired) electrons. The molecule has 1 heterocycles. The molecule has 124 valence electrons. The van der Waals surface area contributed by atoms with E-state index in [-0.39, 0.29) is 12.4 Å². The first kappa shape index (κ1) is 17.3. The van der Waals surface area contributed by atoms with E-state index in [1.807, 2.05) is 0 Å². The molecule has 1 aromatic carbocycles. The first-order valence-electron chi connectivity index (χ1n) is 7.46. The average molecular weight is 327 g/mol. The number of esters is 2. The third-order valence-corrected chi connectivity index (χ3v) is 3.13. The van der Waals surface area contributed by atoms with Gasteiger partial charge in [0.15, 0.2) is 6.10 Å². The minimum atomic E-state index is -1.16. The Morgan fingerprint density at radius 2 is 1.79 bits per heavy atom. The van der Waals surface area contributed by atoms with Crippen LogP contribution in [-0.4, -0.2) is 29.3 Å². The van der Waals surface area contributed by atoms with Crippen molar-refractivity contribution in [2.24, 2.45) is 0 Å². The molecule has 0 fully saturated rings. The first-order chi connectivity index (χ1) is 11.6. The van der Waals surface area contributed by atoms with Crippen molar-refractivity contribution < 1.29 is 23.9 Å². The van der Waals surface area contributed by atoms with Gasteiger partial charge in [-0.05, 0) is 13.0 Å². The zero-order valence-corrected chi connectivity index (χ0v) is 13.2. The Morgan fingerprint density at radius 1 is 1.04 bits per heavy atom. The lowest BCUT2D eigenvalue weighted by Crippen LogP contribution is -2.22. The summed E-state index contributed by atoms with van der Waals surface area (Å²) in [5.74, 6) is -1.91. The quantitative estimate of drug-likeness (QED) is 0.441. The number of hydrogen-bond acceptors (Lipinski definition) is 6. The van der Waals surface area contributed by atoms with Crippen LogP contribution in [0.2, 0.25) is 0 Å². The van der Waals surface area contributed by atoms with Gasteiger partial charge in [-0.2, -0.15) is 0 Å². The first-order valence-corrected chi connectivity index (χ1v) is 7.46. The molecule has 0 aliphatic heterocycles. The Bertz CT molecular complexity index is 700. The Balaban J connectivity index is 2.20. The van der Waals surface area contributed by atoms with Crippen molar-refractivity contribution in [3.05, 3.63) is 66.0 Å². The fourth-order valence-corrected chi connectivity index (χ4v) is 2.06. The predicted molar refractivity (Wildman–Crippen MR) is 85.1 cm³/mol. The van der Waals surface area contributed by atoms with Gasteiger partial charge in [-0.3, -0.25) is 19.4 Å². The van der Waals surface area contributed by atoms with Crippen molar-refractivity contribution in [1.29, 1.82) is 0 Å². The second-order valence-corrected chi connectivity index (χ2v) is 4.87. The Morgan fingerprint density at radius 3 is 2.42 bits per heavy atom. The van der Waals surface area contributed by atoms with E-state index in [0.717, 1.165) is 0 Å². The average Bonchev–Trinajstić information content (AvgIpc) is 2.61. The summed E-state index contributed by atoms with van der Waals surface area (Å²) < 4.78 is 9.95. The number of ether oxygens (including phenoxy) is 2. The summed E-state index contributed by atoms with van der Waals surface area (Å²) in [6.45, 7) is 1.81. The van der Waals surface area contributed by atoms with Crippen molar-refractivity contribution in [1.82, 2.24) is 4.98 Å². The molecule has 6 heteroatoms. The normalized spacial score (nSPS) is 11.4. The Hall–Kier alpha value is -3.02. The number of ketones is 1. The molecule has 2 aromatic rings. The zero-order valence-electron chi connectivity index (χ0n) is 13.2. The molecule has 0 saturated carbocycles. The van der Waals surface area contributed by atoms with Crippen molar-refractivity contribution >= 4 is 17.7 Å². The molecular formula is C18H17NO5. The molecule has 0 bridgehead atoms. The zero-order chi connectivity index (χ0) is 17.4. The molecule has 1 unspecified atom stereocenters. The van der Waals surface area contributed by atoms with E-state index in [1.54, 1.807) is 55.6 Å². The maximum absolute atomic E-state index is 12.7. The lowest BCUT2D eigenvalue weighted by Gasteiger charge is -2.17. The van der Waals surface area contributed by atoms with Gasteiger partial charge in [-0.15, -0.1) is 0 Å². The molecule has 0 N–H and O–H groups in total. The molecule has 0 aliphatic carbocycles. The monoisotopic (exact) mass is 327 g/mol. The number of hydrogen-bond donors (Lipinski definition) is 0. The molecule has 1 atom stereocenters. The molecule has 0 spiro atoms. The van der Waals surface area contributed by atoms with Crippen molar-refractivity contribution in [2.45, 2.75) is 19.4 Å². The summed E-state index contributed by atoms with van der Waals surface area (Å²) in [4.78, 5) is 40.0. The van der Waals surface area contributed by atoms with Gasteiger partial charge in [0, 0.05) is 23.5 Å². The van der Waals surface area contributed by atoms with Crippen molar-refractivity contribution in [3.8, 4) is 0 Å². The Kier molecular flexibility index (Phi) is 6.19. The lowest BCUT2D eigenvalue weighted by atomic mass is 10.0. The van der Waals surface area contributed by atoms with E-state index in [4.69, 9.17) is 9.47 Å². The van der Waals surface area contributed by atoms with Crippen LogP contribution in [0.4, 0.5) is 0 Å². The molecular weight excluding hydrogens is 310 g/mol. The van der Waals surface area contributed by atoms with Crippen LogP contribution in [0.1, 0.15) is 35.4 Å². The fourth-order valence-electron chi connectivity index (χ4n) is 2.06. The van der Waals surface area contributed by atoms with Crippen LogP contribution in [-0.2, 0) is 19.1 Å². The maximum Gasteiger partial charge on any atom is 0.318 e. The summed E-state index contributed by atoms with van der Waals surface area (Å²) in [5.41, 5.74) is 0.832. The topological polar surface area (TPSA) is 82.6 Å². The highest BCUT2D eigenvalue weighted by Crippen LogP contribution is 2.22. The predicted octanol–water partition coefficient (Wildman–Crippen LogP) is 2.50. The third kappa shape index (κ3) is 4.74. The van der Waals surface area contributed by atoms with Gasteiger partial charge >= 0.3 is 11.9 Å². The lowest BCUT2D eigenvalue weighted by molar-refractivity contribution is -0.156. The summed E-state index contributed by atoms with van der Waals surface area (Å²) in [7, 11) is 0. The van der Waals surface area contributed by atoms with Crippen LogP contribution in [0.3, 0.4) is 0 Å². The van der Waals surface area contributed by atoms with Crippen molar-refractivity contribution in [2.75, 3.05) is 6.61 Å². The number of carbonyl (C=O) groups is 3. The van der Waals surface area contributed by atoms with Gasteiger partial charge < -0.3 is 9.47 Å². The van der Waals surface area contributed by atoms with E-state index in [1.165, 1.54) is 6.20 Å². The highest BCUT2D eigenvalue weighted by atomic mass is 16.6. The largest absolute Gasteiger partial charge is 0.466 e. The standard InChI is InChI=1S/C18H17NO5/c1-2-23-15(20)11-16(21)24-18(14-9-6-10-19-12-14)17(22)13-7-4-3-5-8-13/h3-10,12,18H,2,11H2,1H3. The van der Waals surface area contributed by atoms with E-state index < -0.39 is 24.5 Å². The summed E-state index contributed by atoms with van der Waals surface area (Å²) in [6, 6.07) is 11.7. The fraction of sp³-hybridized carbons (Fsp3) is 0.222. The van der Waals surface area contributed by atoms with Gasteiger partial charge in [0.1, 0.15) is 6.42 Å². The van der Waals surface area contributed by atoms with E-state index in [0.29, 0.717) is 11.1 Å². The highest BCUT2D eigenvalue weighted by Gasteiger charge is 2.27. The van der Waals surface area contributed by atoms with Crippen molar-refractivity contribution in [3.63, 3.8) is 0 Å². The minimum Gasteiger partial charge on any atom is -0.466 e. The van der Waals surface area contributed by atoms with Gasteiger partial charge in [0.05, 0.1) is 6.61 Å². The van der Waals surface area contributed by atoms with Crippen LogP contribution in [0.25, 0.3) is 0 Å². The van der Waals surface area contributed by atoms with Crippen LogP contribution < -0.4 is 0 Å². The van der Waals surface area contributed by atoms with Gasteiger partial charge in [-0.1, -0.05) is 36.4 Å². The number of carbonyl (C=O) groups excluding carboxylic acids is 3. The second kappa shape index (κ2) is 8.57. The molecule has 0 saturated heterocycles. The third-order valence-electron chi connectivity index (χ3n) is 3.13. The SMILES string of the molecule is CCOC(=O)CC(=O)OC(C(=O)c1ccccc1)c1cccnc1. The summed E-state index contributed by atoms with van der Waals surface area (Å²) in [6.07, 6.45) is 1.28. The minimum absolute atomic E-state index is 0.168. The molecule has 1 aromatic heterocycles. The maximum atomic E-state index is 12.7. The smallest absolute Gasteiger partial charge is 0.318 e. The molecule has 24 heavy (non-hydrogen) atoms. The highest BCUT2D eigenvalue weighted by molar-refractivity contribution is 6.01.